The van der Waals surface area contributed by atoms with Crippen molar-refractivity contribution in [1.82, 2.24) is 10.3 Å². The number of hydrogen-bond acceptors (Lipinski definition) is 8. The highest BCUT2D eigenvalue weighted by molar-refractivity contribution is 7.09. The summed E-state index contributed by atoms with van der Waals surface area (Å²) in [4.78, 5) is 4.78. The lowest BCUT2D eigenvalue weighted by Crippen LogP contribution is -2.53. The number of ether oxygens (including phenoxy) is 4. The second kappa shape index (κ2) is 20.5. The van der Waals surface area contributed by atoms with Gasteiger partial charge in [-0.15, -0.1) is 11.3 Å². The zero-order chi connectivity index (χ0) is 35.6. The van der Waals surface area contributed by atoms with Gasteiger partial charge >= 0.3 is 0 Å². The van der Waals surface area contributed by atoms with Gasteiger partial charge in [0.2, 0.25) is 0 Å². The number of nitrogens with one attached hydrogen (secondary N) is 1. The van der Waals surface area contributed by atoms with Crippen LogP contribution >= 0.6 is 11.3 Å². The van der Waals surface area contributed by atoms with Crippen LogP contribution in [0.25, 0.3) is 0 Å². The molecule has 1 aromatic heterocycles. The van der Waals surface area contributed by atoms with Crippen molar-refractivity contribution < 1.29 is 24.1 Å². The fourth-order valence-corrected chi connectivity index (χ4v) is 6.75. The quantitative estimate of drug-likeness (QED) is 0.0777. The molecular formula is C44H46N2O5S. The van der Waals surface area contributed by atoms with Gasteiger partial charge in [-0.3, -0.25) is 0 Å². The minimum atomic E-state index is -1.05. The van der Waals surface area contributed by atoms with E-state index in [1.165, 1.54) is 0 Å². The Kier molecular flexibility index (Phi) is 14.7. The first-order valence-corrected chi connectivity index (χ1v) is 18.5. The largest absolute Gasteiger partial charge is 0.388 e. The third-order valence-corrected chi connectivity index (χ3v) is 9.56. The van der Waals surface area contributed by atoms with E-state index in [-0.39, 0.29) is 19.8 Å². The Morgan fingerprint density at radius 3 is 1.40 bits per heavy atom. The third-order valence-electron chi connectivity index (χ3n) is 8.70. The molecule has 0 spiro atoms. The molecule has 0 saturated heterocycles. The number of aliphatic hydroxyl groups is 1. The molecule has 6 rings (SSSR count). The van der Waals surface area contributed by atoms with Crippen LogP contribution in [0.15, 0.2) is 163 Å². The molecule has 52 heavy (non-hydrogen) atoms. The van der Waals surface area contributed by atoms with Crippen molar-refractivity contribution in [3.8, 4) is 0 Å². The molecule has 7 nitrogen and oxygen atoms in total. The molecule has 8 heteroatoms. The molecule has 0 unspecified atom stereocenters. The average molecular weight is 715 g/mol. The molecule has 1 heterocycles. The van der Waals surface area contributed by atoms with Gasteiger partial charge in [0.15, 0.2) is 0 Å². The Morgan fingerprint density at radius 1 is 0.519 bits per heavy atom. The monoisotopic (exact) mass is 714 g/mol. The Morgan fingerprint density at radius 2 is 0.942 bits per heavy atom. The van der Waals surface area contributed by atoms with Crippen LogP contribution in [-0.4, -0.2) is 41.1 Å². The summed E-state index contributed by atoms with van der Waals surface area (Å²) in [6.07, 6.45) is -1.51. The summed E-state index contributed by atoms with van der Waals surface area (Å²) in [7, 11) is 0. The van der Waals surface area contributed by atoms with E-state index in [2.05, 4.69) is 17.4 Å². The molecule has 0 saturated carbocycles. The van der Waals surface area contributed by atoms with Gasteiger partial charge in [-0.2, -0.15) is 0 Å². The summed E-state index contributed by atoms with van der Waals surface area (Å²) >= 11 is 1.55. The zero-order valence-electron chi connectivity index (χ0n) is 29.2. The second-order valence-corrected chi connectivity index (χ2v) is 13.5. The van der Waals surface area contributed by atoms with E-state index in [1.54, 1.807) is 17.5 Å². The highest BCUT2D eigenvalue weighted by Gasteiger charge is 2.42. The van der Waals surface area contributed by atoms with E-state index < -0.39 is 30.5 Å². The number of aromatic nitrogens is 1. The summed E-state index contributed by atoms with van der Waals surface area (Å²) in [6, 6.07) is 49.9. The molecule has 0 aliphatic carbocycles. The fourth-order valence-electron chi connectivity index (χ4n) is 6.00. The van der Waals surface area contributed by atoms with E-state index >= 15 is 0 Å². The summed E-state index contributed by atoms with van der Waals surface area (Å²) in [6.45, 7) is 1.81. The van der Waals surface area contributed by atoms with Crippen LogP contribution in [0.5, 0.6) is 0 Å². The highest BCUT2D eigenvalue weighted by Crippen LogP contribution is 2.31. The van der Waals surface area contributed by atoms with Crippen LogP contribution in [0.3, 0.4) is 0 Å². The first-order valence-electron chi connectivity index (χ1n) is 17.7. The Labute approximate surface area is 310 Å². The zero-order valence-corrected chi connectivity index (χ0v) is 30.0. The van der Waals surface area contributed by atoms with Gasteiger partial charge in [0.05, 0.1) is 39.1 Å². The number of aliphatic hydroxyl groups excluding tert-OH is 1. The van der Waals surface area contributed by atoms with E-state index in [0.717, 1.165) is 32.8 Å². The lowest BCUT2D eigenvalue weighted by molar-refractivity contribution is -0.193. The van der Waals surface area contributed by atoms with E-state index in [0.29, 0.717) is 19.8 Å². The third kappa shape index (κ3) is 11.5. The Bertz CT molecular complexity index is 1800. The van der Waals surface area contributed by atoms with E-state index in [1.807, 2.05) is 145 Å². The lowest BCUT2D eigenvalue weighted by Gasteiger charge is -2.39. The maximum atomic E-state index is 12.1. The molecule has 268 valence electrons. The van der Waals surface area contributed by atoms with Crippen molar-refractivity contribution in [2.75, 3.05) is 6.61 Å². The Balaban J connectivity index is 1.37. The van der Waals surface area contributed by atoms with Crippen LogP contribution in [0, 0.1) is 0 Å². The molecule has 0 fully saturated rings. The molecule has 0 amide bonds. The van der Waals surface area contributed by atoms with Crippen molar-refractivity contribution in [2.45, 2.75) is 63.4 Å². The smallest absolute Gasteiger partial charge is 0.115 e. The van der Waals surface area contributed by atoms with Crippen LogP contribution in [0.2, 0.25) is 0 Å². The Hall–Kier alpha value is -4.51. The van der Waals surface area contributed by atoms with Crippen molar-refractivity contribution in [1.29, 1.82) is 0 Å². The van der Waals surface area contributed by atoms with Gasteiger partial charge < -0.3 is 29.4 Å². The molecule has 5 atom stereocenters. The second-order valence-electron chi connectivity index (χ2n) is 12.6. The van der Waals surface area contributed by atoms with Gasteiger partial charge in [0, 0.05) is 18.1 Å². The maximum Gasteiger partial charge on any atom is 0.115 e. The van der Waals surface area contributed by atoms with E-state index in [9.17, 15) is 5.11 Å². The SMILES string of the molecule is O[C@H](COCc1ccccc1)[C@@H](OCc1ccccc1)[C@H](OCc1ccccc1)[C@@H](OCc1ccccc1)[C@@H](NCc1ccccc1)c1nccs1. The van der Waals surface area contributed by atoms with Gasteiger partial charge in [-0.1, -0.05) is 152 Å². The fraction of sp³-hybridized carbons (Fsp3) is 0.250. The molecule has 0 bridgehead atoms. The standard InChI is InChI=1S/C44H46N2O5S/c47-39(33-48-29-35-18-8-2-9-19-35)41(49-30-36-20-10-3-11-21-36)43(51-32-38-24-14-5-15-25-38)42(50-31-37-22-12-4-13-23-37)40(44-45-26-27-52-44)46-28-34-16-6-1-7-17-34/h1-27,39-43,46-47H,28-33H2/t39-,40-,41-,42+,43+/m1/s1. The van der Waals surface area contributed by atoms with Crippen LogP contribution < -0.4 is 5.32 Å². The van der Waals surface area contributed by atoms with Crippen LogP contribution in [0.4, 0.5) is 0 Å². The number of thiazole rings is 1. The van der Waals surface area contributed by atoms with Crippen molar-refractivity contribution in [3.63, 3.8) is 0 Å². The first kappa shape index (κ1) is 37.3. The maximum absolute atomic E-state index is 12.1. The van der Waals surface area contributed by atoms with Crippen molar-refractivity contribution in [3.05, 3.63) is 196 Å². The lowest BCUT2D eigenvalue weighted by atomic mass is 9.96. The minimum absolute atomic E-state index is 0.0321. The summed E-state index contributed by atoms with van der Waals surface area (Å²) < 4.78 is 26.7. The molecule has 0 radical (unpaired) electrons. The normalized spacial score (nSPS) is 14.3. The van der Waals surface area contributed by atoms with Gasteiger partial charge in [0.1, 0.15) is 29.4 Å². The summed E-state index contributed by atoms with van der Waals surface area (Å²) in [5.74, 6) is 0. The first-order chi connectivity index (χ1) is 25.7. The number of benzene rings is 5. The predicted molar refractivity (Wildman–Crippen MR) is 205 cm³/mol. The predicted octanol–water partition coefficient (Wildman–Crippen LogP) is 8.31. The summed E-state index contributed by atoms with van der Waals surface area (Å²) in [5.41, 5.74) is 5.13. The summed E-state index contributed by atoms with van der Waals surface area (Å²) in [5, 5.41) is 18.6. The van der Waals surface area contributed by atoms with Gasteiger partial charge in [-0.05, 0) is 27.8 Å². The topological polar surface area (TPSA) is 82.1 Å². The van der Waals surface area contributed by atoms with Crippen molar-refractivity contribution in [2.24, 2.45) is 0 Å². The molecule has 2 N–H and O–H groups in total. The van der Waals surface area contributed by atoms with Crippen molar-refractivity contribution >= 4 is 11.3 Å². The minimum Gasteiger partial charge on any atom is -0.388 e. The van der Waals surface area contributed by atoms with E-state index in [4.69, 9.17) is 23.9 Å². The molecule has 5 aromatic carbocycles. The molecule has 0 aliphatic rings. The number of hydrogen-bond donors (Lipinski definition) is 2. The van der Waals surface area contributed by atoms with Gasteiger partial charge in [-0.25, -0.2) is 4.98 Å². The highest BCUT2D eigenvalue weighted by atomic mass is 32.1. The number of nitrogens with zero attached hydrogens (tertiary/aromatic N) is 1. The molecule has 0 aliphatic heterocycles. The molecular weight excluding hydrogens is 669 g/mol. The molecule has 6 aromatic rings. The van der Waals surface area contributed by atoms with Crippen LogP contribution in [0.1, 0.15) is 38.9 Å². The average Bonchev–Trinajstić information content (AvgIpc) is 3.74. The van der Waals surface area contributed by atoms with Crippen LogP contribution in [-0.2, 0) is 51.9 Å². The van der Waals surface area contributed by atoms with Gasteiger partial charge in [0.25, 0.3) is 0 Å². The number of rotatable bonds is 21.